The molecule has 0 amide bonds. The Balaban J connectivity index is 2.01. The van der Waals surface area contributed by atoms with Crippen molar-refractivity contribution in [1.29, 1.82) is 0 Å². The summed E-state index contributed by atoms with van der Waals surface area (Å²) in [7, 11) is 0. The summed E-state index contributed by atoms with van der Waals surface area (Å²) in [6.45, 7) is 5.77. The molecule has 4 nitrogen and oxygen atoms in total. The molecule has 0 bridgehead atoms. The summed E-state index contributed by atoms with van der Waals surface area (Å²) in [4.78, 5) is 23.8. The first-order valence-electron chi connectivity index (χ1n) is 8.92. The first kappa shape index (κ1) is 19.2. The molecule has 0 spiro atoms. The lowest BCUT2D eigenvalue weighted by Gasteiger charge is -2.32. The van der Waals surface area contributed by atoms with Crippen LogP contribution in [0.1, 0.15) is 51.2 Å². The molecule has 2 unspecified atom stereocenters. The van der Waals surface area contributed by atoms with Crippen molar-refractivity contribution in [2.45, 2.75) is 52.6 Å². The van der Waals surface area contributed by atoms with Crippen molar-refractivity contribution in [2.24, 2.45) is 5.41 Å². The van der Waals surface area contributed by atoms with Gasteiger partial charge >= 0.3 is 5.97 Å². The fraction of sp³-hybridized carbons (Fsp3) is 0.500. The highest BCUT2D eigenvalue weighted by molar-refractivity contribution is 6.44. The molecule has 1 aromatic carbocycles. The smallest absolute Gasteiger partial charge is 0.347 e. The molecule has 0 N–H and O–H groups in total. The number of carbonyl (C=O) groups excluding carboxylic acids is 2. The van der Waals surface area contributed by atoms with E-state index in [4.69, 9.17) is 32.7 Å². The van der Waals surface area contributed by atoms with E-state index in [-0.39, 0.29) is 22.8 Å². The zero-order chi connectivity index (χ0) is 19.1. The van der Waals surface area contributed by atoms with Gasteiger partial charge in [0.1, 0.15) is 10.8 Å². The van der Waals surface area contributed by atoms with Crippen LogP contribution in [-0.2, 0) is 20.7 Å². The molecule has 0 heterocycles. The number of ketones is 1. The Morgan fingerprint density at radius 1 is 1.31 bits per heavy atom. The standard InChI is InChI=1S/C20H22Cl2O4/c1-4-20-7-6-13(23)9-14(20)16-12(10-20)8-15(17(21)18(16)22)26-11(3)19(24)25-5-2/h8-9,11H,4-7,10H2,1-3H3. The van der Waals surface area contributed by atoms with Crippen LogP contribution < -0.4 is 4.74 Å². The van der Waals surface area contributed by atoms with Gasteiger partial charge < -0.3 is 9.47 Å². The van der Waals surface area contributed by atoms with Crippen LogP contribution in [0.2, 0.25) is 10.0 Å². The maximum Gasteiger partial charge on any atom is 0.347 e. The van der Waals surface area contributed by atoms with Crippen LogP contribution in [0.25, 0.3) is 5.57 Å². The van der Waals surface area contributed by atoms with Gasteiger partial charge in [0.25, 0.3) is 0 Å². The molecule has 26 heavy (non-hydrogen) atoms. The van der Waals surface area contributed by atoms with E-state index < -0.39 is 12.1 Å². The number of benzene rings is 1. The van der Waals surface area contributed by atoms with Crippen molar-refractivity contribution >= 4 is 40.5 Å². The van der Waals surface area contributed by atoms with Gasteiger partial charge in [0.05, 0.1) is 11.6 Å². The molecule has 0 aromatic heterocycles. The van der Waals surface area contributed by atoms with Gasteiger partial charge in [-0.2, -0.15) is 0 Å². The highest BCUT2D eigenvalue weighted by Gasteiger charge is 2.44. The number of carbonyl (C=O) groups is 2. The summed E-state index contributed by atoms with van der Waals surface area (Å²) in [6.07, 6.45) is 4.02. The Labute approximate surface area is 163 Å². The van der Waals surface area contributed by atoms with Gasteiger partial charge in [-0.05, 0) is 56.4 Å². The van der Waals surface area contributed by atoms with Gasteiger partial charge in [-0.3, -0.25) is 4.79 Å². The molecule has 0 fully saturated rings. The molecule has 2 atom stereocenters. The van der Waals surface area contributed by atoms with E-state index in [1.807, 2.05) is 6.07 Å². The molecule has 0 saturated carbocycles. The van der Waals surface area contributed by atoms with E-state index in [2.05, 4.69) is 6.92 Å². The summed E-state index contributed by atoms with van der Waals surface area (Å²) >= 11 is 13.0. The van der Waals surface area contributed by atoms with Crippen molar-refractivity contribution in [1.82, 2.24) is 0 Å². The fourth-order valence-electron chi connectivity index (χ4n) is 3.93. The minimum Gasteiger partial charge on any atom is -0.477 e. The lowest BCUT2D eigenvalue weighted by atomic mass is 9.71. The van der Waals surface area contributed by atoms with Crippen molar-refractivity contribution in [2.75, 3.05) is 6.61 Å². The van der Waals surface area contributed by atoms with E-state index in [1.54, 1.807) is 19.9 Å². The second-order valence-corrected chi connectivity index (χ2v) is 7.64. The molecular formula is C20H22Cl2O4. The van der Waals surface area contributed by atoms with Crippen molar-refractivity contribution < 1.29 is 19.1 Å². The van der Waals surface area contributed by atoms with Crippen LogP contribution in [0.3, 0.4) is 0 Å². The van der Waals surface area contributed by atoms with E-state index in [0.717, 1.165) is 36.0 Å². The quantitative estimate of drug-likeness (QED) is 0.655. The topological polar surface area (TPSA) is 52.6 Å². The number of esters is 1. The number of ether oxygens (including phenoxy) is 2. The predicted molar refractivity (Wildman–Crippen MR) is 102 cm³/mol. The monoisotopic (exact) mass is 396 g/mol. The van der Waals surface area contributed by atoms with E-state index in [9.17, 15) is 9.59 Å². The summed E-state index contributed by atoms with van der Waals surface area (Å²) in [6, 6.07) is 1.85. The van der Waals surface area contributed by atoms with Crippen molar-refractivity contribution in [3.05, 3.63) is 33.3 Å². The summed E-state index contributed by atoms with van der Waals surface area (Å²) < 4.78 is 10.7. The lowest BCUT2D eigenvalue weighted by Crippen LogP contribution is -2.26. The van der Waals surface area contributed by atoms with Crippen LogP contribution in [0.4, 0.5) is 0 Å². The van der Waals surface area contributed by atoms with E-state index in [1.165, 1.54) is 0 Å². The Hall–Kier alpha value is -1.52. The Morgan fingerprint density at radius 2 is 2.04 bits per heavy atom. The van der Waals surface area contributed by atoms with Crippen LogP contribution in [0.15, 0.2) is 12.1 Å². The first-order chi connectivity index (χ1) is 12.3. The number of hydrogen-bond acceptors (Lipinski definition) is 4. The average molecular weight is 397 g/mol. The number of allylic oxidation sites excluding steroid dienone is 2. The molecule has 1 aromatic rings. The third-order valence-electron chi connectivity index (χ3n) is 5.38. The molecule has 0 saturated heterocycles. The number of hydrogen-bond donors (Lipinski definition) is 0. The Kier molecular flexibility index (Phi) is 5.36. The third-order valence-corrected chi connectivity index (χ3v) is 6.23. The summed E-state index contributed by atoms with van der Waals surface area (Å²) in [5.74, 6) is 0.0420. The largest absolute Gasteiger partial charge is 0.477 e. The average Bonchev–Trinajstić information content (AvgIpc) is 2.93. The SMILES string of the molecule is CCOC(=O)C(C)Oc1cc2c(c(Cl)c1Cl)C1=CC(=O)CCC1(CC)C2. The van der Waals surface area contributed by atoms with Gasteiger partial charge in [-0.1, -0.05) is 30.1 Å². The molecule has 0 aliphatic heterocycles. The maximum absolute atomic E-state index is 12.0. The van der Waals surface area contributed by atoms with Gasteiger partial charge in [0.2, 0.25) is 0 Å². The van der Waals surface area contributed by atoms with Crippen LogP contribution >= 0.6 is 23.2 Å². The second kappa shape index (κ2) is 7.24. The van der Waals surface area contributed by atoms with E-state index >= 15 is 0 Å². The minimum absolute atomic E-state index is 0.0748. The fourth-order valence-corrected chi connectivity index (χ4v) is 4.44. The number of halogens is 2. The zero-order valence-electron chi connectivity index (χ0n) is 15.2. The number of rotatable bonds is 5. The molecule has 140 valence electrons. The van der Waals surface area contributed by atoms with Crippen molar-refractivity contribution in [3.63, 3.8) is 0 Å². The van der Waals surface area contributed by atoms with Gasteiger partial charge in [0, 0.05) is 17.4 Å². The first-order valence-corrected chi connectivity index (χ1v) is 9.68. The molecule has 3 rings (SSSR count). The summed E-state index contributed by atoms with van der Waals surface area (Å²) in [5, 5.41) is 0.638. The molecule has 2 aliphatic carbocycles. The summed E-state index contributed by atoms with van der Waals surface area (Å²) in [5.41, 5.74) is 2.77. The second-order valence-electron chi connectivity index (χ2n) is 6.88. The highest BCUT2D eigenvalue weighted by Crippen LogP contribution is 2.57. The normalized spacial score (nSPS) is 22.3. The Morgan fingerprint density at radius 3 is 2.69 bits per heavy atom. The van der Waals surface area contributed by atoms with Gasteiger partial charge in [-0.25, -0.2) is 4.79 Å². The molecule has 2 aliphatic rings. The minimum atomic E-state index is -0.786. The molecular weight excluding hydrogens is 375 g/mol. The Bertz CT molecular complexity index is 799. The third kappa shape index (κ3) is 3.14. The predicted octanol–water partition coefficient (Wildman–Crippen LogP) is 5.02. The van der Waals surface area contributed by atoms with Crippen LogP contribution in [-0.4, -0.2) is 24.5 Å². The van der Waals surface area contributed by atoms with E-state index in [0.29, 0.717) is 17.2 Å². The molecule has 6 heteroatoms. The lowest BCUT2D eigenvalue weighted by molar-refractivity contribution is -0.150. The number of fused-ring (bicyclic) bond motifs is 3. The van der Waals surface area contributed by atoms with Crippen molar-refractivity contribution in [3.8, 4) is 5.75 Å². The van der Waals surface area contributed by atoms with Crippen LogP contribution in [0, 0.1) is 5.41 Å². The highest BCUT2D eigenvalue weighted by atomic mass is 35.5. The van der Waals surface area contributed by atoms with Gasteiger partial charge in [-0.15, -0.1) is 0 Å². The zero-order valence-corrected chi connectivity index (χ0v) is 16.7. The maximum atomic E-state index is 12.0. The molecule has 0 radical (unpaired) electrons. The van der Waals surface area contributed by atoms with Gasteiger partial charge in [0.15, 0.2) is 11.9 Å². The van der Waals surface area contributed by atoms with Crippen LogP contribution in [0.5, 0.6) is 5.75 Å².